The number of Topliss-reactive ketones (excluding diaryl/α,β-unsaturated/α-hetero) is 1. The summed E-state index contributed by atoms with van der Waals surface area (Å²) in [5, 5.41) is 2.95. The van der Waals surface area contributed by atoms with Crippen LogP contribution in [0, 0.1) is 0 Å². The number of nitrogens with zero attached hydrogens (tertiary/aromatic N) is 2. The second kappa shape index (κ2) is 9.40. The third kappa shape index (κ3) is 5.25. The van der Waals surface area contributed by atoms with Gasteiger partial charge in [-0.15, -0.1) is 0 Å². The Morgan fingerprint density at radius 2 is 1.91 bits per heavy atom. The van der Waals surface area contributed by atoms with Gasteiger partial charge in [-0.1, -0.05) is 13.8 Å². The Labute approximate surface area is 136 Å². The Kier molecular flexibility index (Phi) is 7.53. The summed E-state index contributed by atoms with van der Waals surface area (Å²) in [7, 11) is 3.17. The van der Waals surface area contributed by atoms with Crippen LogP contribution in [-0.2, 0) is 4.79 Å². The molecule has 1 N–H and O–H groups in total. The van der Waals surface area contributed by atoms with Gasteiger partial charge < -0.3 is 14.8 Å². The molecule has 124 valence electrons. The molecule has 2 aromatic rings. The molecule has 0 aliphatic heterocycles. The number of hydrogen-bond donors (Lipinski definition) is 1. The van der Waals surface area contributed by atoms with Crippen LogP contribution in [0.25, 0.3) is 11.4 Å². The first-order valence-electron chi connectivity index (χ1n) is 7.43. The average molecular weight is 317 g/mol. The smallest absolute Gasteiger partial charge is 0.165 e. The summed E-state index contributed by atoms with van der Waals surface area (Å²) >= 11 is 0. The number of hydrogen-bond acceptors (Lipinski definition) is 6. The van der Waals surface area contributed by atoms with Gasteiger partial charge in [0.2, 0.25) is 0 Å². The van der Waals surface area contributed by atoms with E-state index >= 15 is 0 Å². The number of benzene rings is 1. The van der Waals surface area contributed by atoms with E-state index in [1.54, 1.807) is 32.5 Å². The lowest BCUT2D eigenvalue weighted by Crippen LogP contribution is -2.11. The minimum Gasteiger partial charge on any atom is -0.497 e. The van der Waals surface area contributed by atoms with E-state index in [4.69, 9.17) is 9.47 Å². The number of carbonyl (C=O) groups excluding carboxylic acids is 1. The highest BCUT2D eigenvalue weighted by molar-refractivity contribution is 5.80. The fraction of sp³-hybridized carbons (Fsp3) is 0.353. The lowest BCUT2D eigenvalue weighted by Gasteiger charge is -2.10. The lowest BCUT2D eigenvalue weighted by atomic mass is 10.1. The van der Waals surface area contributed by atoms with Gasteiger partial charge >= 0.3 is 0 Å². The fourth-order valence-corrected chi connectivity index (χ4v) is 1.79. The summed E-state index contributed by atoms with van der Waals surface area (Å²) < 4.78 is 10.5. The normalized spacial score (nSPS) is 9.43. The van der Waals surface area contributed by atoms with Gasteiger partial charge in [-0.25, -0.2) is 9.97 Å². The Hall–Kier alpha value is -2.63. The first-order valence-corrected chi connectivity index (χ1v) is 7.43. The van der Waals surface area contributed by atoms with Gasteiger partial charge in [-0.3, -0.25) is 4.79 Å². The highest BCUT2D eigenvalue weighted by atomic mass is 16.5. The molecule has 0 unspecified atom stereocenters. The van der Waals surface area contributed by atoms with E-state index in [0.717, 1.165) is 5.56 Å². The Bertz CT molecular complexity index is 645. The predicted octanol–water partition coefficient (Wildman–Crippen LogP) is 3.19. The number of carbonyl (C=O) groups is 1. The molecule has 0 fully saturated rings. The molecule has 0 radical (unpaired) electrons. The molecule has 6 heteroatoms. The SMILES string of the molecule is CC.COc1ccc(-c2nccc(NCC(C)=O)n2)c(OC)c1. The predicted molar refractivity (Wildman–Crippen MR) is 91.1 cm³/mol. The Morgan fingerprint density at radius 1 is 1.17 bits per heavy atom. The van der Waals surface area contributed by atoms with Crippen molar-refractivity contribution in [3.63, 3.8) is 0 Å². The van der Waals surface area contributed by atoms with E-state index in [0.29, 0.717) is 23.1 Å². The molecule has 1 heterocycles. The third-order valence-electron chi connectivity index (χ3n) is 2.82. The van der Waals surface area contributed by atoms with Crippen molar-refractivity contribution in [3.05, 3.63) is 30.5 Å². The van der Waals surface area contributed by atoms with Crippen LogP contribution >= 0.6 is 0 Å². The Morgan fingerprint density at radius 3 is 2.52 bits per heavy atom. The Balaban J connectivity index is 0.00000127. The van der Waals surface area contributed by atoms with Gasteiger partial charge in [-0.05, 0) is 25.1 Å². The van der Waals surface area contributed by atoms with Crippen molar-refractivity contribution >= 4 is 11.6 Å². The summed E-state index contributed by atoms with van der Waals surface area (Å²) in [5.41, 5.74) is 0.754. The molecule has 1 aromatic heterocycles. The van der Waals surface area contributed by atoms with Crippen LogP contribution in [0.4, 0.5) is 5.82 Å². The molecule has 0 aliphatic rings. The zero-order valence-electron chi connectivity index (χ0n) is 14.2. The van der Waals surface area contributed by atoms with Crippen LogP contribution in [-0.4, -0.2) is 36.5 Å². The van der Waals surface area contributed by atoms with E-state index in [1.165, 1.54) is 6.92 Å². The molecule has 1 aromatic carbocycles. The van der Waals surface area contributed by atoms with Crippen molar-refractivity contribution in [2.75, 3.05) is 26.1 Å². The minimum atomic E-state index is 0.0391. The molecule has 0 amide bonds. The number of aromatic nitrogens is 2. The van der Waals surface area contributed by atoms with Crippen LogP contribution in [0.3, 0.4) is 0 Å². The number of nitrogens with one attached hydrogen (secondary N) is 1. The second-order valence-corrected chi connectivity index (χ2v) is 4.39. The number of ketones is 1. The maximum absolute atomic E-state index is 11.0. The lowest BCUT2D eigenvalue weighted by molar-refractivity contribution is -0.115. The minimum absolute atomic E-state index is 0.0391. The summed E-state index contributed by atoms with van der Waals surface area (Å²) in [6, 6.07) is 7.13. The average Bonchev–Trinajstić information content (AvgIpc) is 2.61. The van der Waals surface area contributed by atoms with Gasteiger partial charge in [0.15, 0.2) is 5.82 Å². The standard InChI is InChI=1S/C15H17N3O3.C2H6/c1-10(19)9-17-14-6-7-16-15(18-14)12-5-4-11(20-2)8-13(12)21-3;1-2/h4-8H,9H2,1-3H3,(H,16,17,18);1-2H3. The van der Waals surface area contributed by atoms with Crippen LogP contribution in [0.5, 0.6) is 11.5 Å². The molecule has 0 saturated heterocycles. The third-order valence-corrected chi connectivity index (χ3v) is 2.82. The van der Waals surface area contributed by atoms with Crippen molar-refractivity contribution in [1.29, 1.82) is 0 Å². The summed E-state index contributed by atoms with van der Waals surface area (Å²) in [5.74, 6) is 2.47. The molecule has 0 spiro atoms. The molecular formula is C17H23N3O3. The maximum Gasteiger partial charge on any atom is 0.165 e. The number of anilines is 1. The second-order valence-electron chi connectivity index (χ2n) is 4.39. The van der Waals surface area contributed by atoms with Gasteiger partial charge in [0.25, 0.3) is 0 Å². The van der Waals surface area contributed by atoms with E-state index in [9.17, 15) is 4.79 Å². The first kappa shape index (κ1) is 18.4. The first-order chi connectivity index (χ1) is 11.1. The molecule has 0 atom stereocenters. The number of rotatable bonds is 6. The molecule has 6 nitrogen and oxygen atoms in total. The zero-order chi connectivity index (χ0) is 17.2. The topological polar surface area (TPSA) is 73.3 Å². The van der Waals surface area contributed by atoms with Crippen molar-refractivity contribution in [3.8, 4) is 22.9 Å². The van der Waals surface area contributed by atoms with Crippen LogP contribution in [0.15, 0.2) is 30.5 Å². The highest BCUT2D eigenvalue weighted by Gasteiger charge is 2.10. The largest absolute Gasteiger partial charge is 0.497 e. The van der Waals surface area contributed by atoms with Gasteiger partial charge in [0.05, 0.1) is 26.3 Å². The molecule has 0 saturated carbocycles. The van der Waals surface area contributed by atoms with E-state index in [2.05, 4.69) is 15.3 Å². The monoisotopic (exact) mass is 317 g/mol. The summed E-state index contributed by atoms with van der Waals surface area (Å²) in [6.45, 7) is 5.75. The molecule has 0 bridgehead atoms. The van der Waals surface area contributed by atoms with Crippen LogP contribution in [0.1, 0.15) is 20.8 Å². The van der Waals surface area contributed by atoms with Crippen LogP contribution in [0.2, 0.25) is 0 Å². The zero-order valence-corrected chi connectivity index (χ0v) is 14.2. The highest BCUT2D eigenvalue weighted by Crippen LogP contribution is 2.31. The number of methoxy groups -OCH3 is 2. The van der Waals surface area contributed by atoms with Crippen molar-refractivity contribution in [2.24, 2.45) is 0 Å². The van der Waals surface area contributed by atoms with Crippen molar-refractivity contribution in [2.45, 2.75) is 20.8 Å². The van der Waals surface area contributed by atoms with E-state index < -0.39 is 0 Å². The van der Waals surface area contributed by atoms with E-state index in [-0.39, 0.29) is 12.3 Å². The molecular weight excluding hydrogens is 294 g/mol. The van der Waals surface area contributed by atoms with Crippen LogP contribution < -0.4 is 14.8 Å². The van der Waals surface area contributed by atoms with E-state index in [1.807, 2.05) is 26.0 Å². The number of ether oxygens (including phenoxy) is 2. The van der Waals surface area contributed by atoms with Gasteiger partial charge in [0, 0.05) is 12.3 Å². The van der Waals surface area contributed by atoms with Crippen molar-refractivity contribution in [1.82, 2.24) is 9.97 Å². The molecule has 2 rings (SSSR count). The van der Waals surface area contributed by atoms with Gasteiger partial charge in [-0.2, -0.15) is 0 Å². The molecule has 0 aliphatic carbocycles. The van der Waals surface area contributed by atoms with Crippen molar-refractivity contribution < 1.29 is 14.3 Å². The summed E-state index contributed by atoms with van der Waals surface area (Å²) in [6.07, 6.45) is 1.63. The molecule has 23 heavy (non-hydrogen) atoms. The summed E-state index contributed by atoms with van der Waals surface area (Å²) in [4.78, 5) is 19.6. The fourth-order valence-electron chi connectivity index (χ4n) is 1.79. The van der Waals surface area contributed by atoms with Gasteiger partial charge in [0.1, 0.15) is 23.1 Å². The maximum atomic E-state index is 11.0. The quantitative estimate of drug-likeness (QED) is 0.882.